The van der Waals surface area contributed by atoms with Gasteiger partial charge in [-0.1, -0.05) is 49.9 Å². The van der Waals surface area contributed by atoms with Crippen molar-refractivity contribution in [3.63, 3.8) is 0 Å². The molecule has 1 saturated heterocycles. The Labute approximate surface area is 152 Å². The molecule has 6 heteroatoms. The van der Waals surface area contributed by atoms with E-state index in [0.717, 1.165) is 18.4 Å². The van der Waals surface area contributed by atoms with Crippen molar-refractivity contribution < 1.29 is 14.3 Å². The molecule has 1 fully saturated rings. The van der Waals surface area contributed by atoms with E-state index in [4.69, 9.17) is 4.74 Å². The van der Waals surface area contributed by atoms with Gasteiger partial charge in [-0.2, -0.15) is 0 Å². The molecular formula is C19H22N2O3S. The average Bonchev–Trinajstić information content (AvgIpc) is 2.95. The minimum absolute atomic E-state index is 0.00437. The lowest BCUT2D eigenvalue weighted by molar-refractivity contribution is -0.137. The summed E-state index contributed by atoms with van der Waals surface area (Å²) in [6.45, 7) is 5.88. The second-order valence-electron chi connectivity index (χ2n) is 6.11. The number of amides is 1. The summed E-state index contributed by atoms with van der Waals surface area (Å²) >= 11 is 1.47. The highest BCUT2D eigenvalue weighted by molar-refractivity contribution is 8.15. The monoisotopic (exact) mass is 358 g/mol. The number of carbonyl (C=O) groups is 2. The van der Waals surface area contributed by atoms with E-state index in [0.29, 0.717) is 16.4 Å². The van der Waals surface area contributed by atoms with Gasteiger partial charge in [0.1, 0.15) is 0 Å². The number of methoxy groups -OCH3 is 1. The van der Waals surface area contributed by atoms with Crippen molar-refractivity contribution in [3.8, 4) is 0 Å². The number of hydrogen-bond acceptors (Lipinski definition) is 5. The van der Waals surface area contributed by atoms with E-state index in [1.165, 1.54) is 24.4 Å². The number of nitrogens with zero attached hydrogens (tertiary/aromatic N) is 2. The van der Waals surface area contributed by atoms with Crippen molar-refractivity contribution in [2.24, 2.45) is 4.99 Å². The largest absolute Gasteiger partial charge is 0.466 e. The Balaban J connectivity index is 2.12. The first-order chi connectivity index (χ1) is 12.0. The van der Waals surface area contributed by atoms with Crippen LogP contribution in [0.1, 0.15) is 44.4 Å². The molecule has 2 heterocycles. The molecule has 0 aliphatic carbocycles. The van der Waals surface area contributed by atoms with Crippen LogP contribution in [0.25, 0.3) is 0 Å². The molecule has 0 radical (unpaired) electrons. The predicted octanol–water partition coefficient (Wildman–Crippen LogP) is 3.46. The highest BCUT2D eigenvalue weighted by Gasteiger charge is 2.47. The Kier molecular flexibility index (Phi) is 4.99. The van der Waals surface area contributed by atoms with Gasteiger partial charge in [0.2, 0.25) is 5.91 Å². The van der Waals surface area contributed by atoms with Gasteiger partial charge >= 0.3 is 5.97 Å². The van der Waals surface area contributed by atoms with Crippen molar-refractivity contribution in [1.29, 1.82) is 0 Å². The number of allylic oxidation sites excluding steroid dienone is 1. The molecule has 0 bridgehead atoms. The van der Waals surface area contributed by atoms with Crippen LogP contribution < -0.4 is 0 Å². The standard InChI is InChI=1S/C19H22N2O3S/c1-5-12-7-9-13(10-8-12)16-15(18(23)24-4)11(3)20-19-21(16)17(22)14(6-2)25-19/h7-10,14,16H,5-6H2,1-4H3. The van der Waals surface area contributed by atoms with Gasteiger partial charge in [-0.15, -0.1) is 0 Å². The van der Waals surface area contributed by atoms with Crippen LogP contribution in [0, 0.1) is 0 Å². The zero-order chi connectivity index (χ0) is 18.1. The first-order valence-corrected chi connectivity index (χ1v) is 9.36. The topological polar surface area (TPSA) is 59.0 Å². The second kappa shape index (κ2) is 7.04. The lowest BCUT2D eigenvalue weighted by atomic mass is 9.93. The zero-order valence-electron chi connectivity index (χ0n) is 14.9. The van der Waals surface area contributed by atoms with E-state index in [1.54, 1.807) is 11.8 Å². The molecule has 2 unspecified atom stereocenters. The summed E-state index contributed by atoms with van der Waals surface area (Å²) in [5.74, 6) is -0.438. The molecule has 2 aliphatic heterocycles. The van der Waals surface area contributed by atoms with Crippen LogP contribution in [0.3, 0.4) is 0 Å². The summed E-state index contributed by atoms with van der Waals surface area (Å²) in [7, 11) is 1.36. The van der Waals surface area contributed by atoms with Crippen molar-refractivity contribution in [2.45, 2.75) is 44.9 Å². The lowest BCUT2D eigenvalue weighted by Gasteiger charge is -2.33. The summed E-state index contributed by atoms with van der Waals surface area (Å²) in [5.41, 5.74) is 3.15. The van der Waals surface area contributed by atoms with Crippen LogP contribution in [-0.2, 0) is 20.7 Å². The third kappa shape index (κ3) is 2.99. The Bertz CT molecular complexity index is 767. The fourth-order valence-electron chi connectivity index (χ4n) is 3.21. The minimum Gasteiger partial charge on any atom is -0.466 e. The fourth-order valence-corrected chi connectivity index (χ4v) is 4.35. The summed E-state index contributed by atoms with van der Waals surface area (Å²) < 4.78 is 4.98. The van der Waals surface area contributed by atoms with Crippen molar-refractivity contribution in [2.75, 3.05) is 7.11 Å². The summed E-state index contributed by atoms with van der Waals surface area (Å²) in [4.78, 5) is 31.5. The molecule has 1 aromatic rings. The van der Waals surface area contributed by atoms with Crippen LogP contribution in [0.15, 0.2) is 40.5 Å². The van der Waals surface area contributed by atoms with Crippen molar-refractivity contribution in [1.82, 2.24) is 4.90 Å². The zero-order valence-corrected chi connectivity index (χ0v) is 15.7. The number of thioether (sulfide) groups is 1. The highest BCUT2D eigenvalue weighted by atomic mass is 32.2. The summed E-state index contributed by atoms with van der Waals surface area (Å²) in [6.07, 6.45) is 1.67. The van der Waals surface area contributed by atoms with Crippen molar-refractivity contribution >= 4 is 28.8 Å². The molecule has 2 aliphatic rings. The maximum absolute atomic E-state index is 12.9. The van der Waals surface area contributed by atoms with Gasteiger partial charge in [-0.05, 0) is 30.9 Å². The van der Waals surface area contributed by atoms with Crippen LogP contribution in [-0.4, -0.2) is 34.3 Å². The maximum atomic E-state index is 12.9. The summed E-state index contributed by atoms with van der Waals surface area (Å²) in [6, 6.07) is 7.56. The molecule has 0 aromatic heterocycles. The van der Waals surface area contributed by atoms with E-state index in [9.17, 15) is 9.59 Å². The third-order valence-corrected chi connectivity index (χ3v) is 5.95. The van der Waals surface area contributed by atoms with Gasteiger partial charge < -0.3 is 4.74 Å². The number of hydrogen-bond donors (Lipinski definition) is 0. The van der Waals surface area contributed by atoms with Gasteiger partial charge in [0.05, 0.1) is 29.7 Å². The van der Waals surface area contributed by atoms with Gasteiger partial charge in [-0.25, -0.2) is 9.79 Å². The molecule has 2 atom stereocenters. The Hall–Kier alpha value is -2.08. The normalized spacial score (nSPS) is 22.8. The van der Waals surface area contributed by atoms with Crippen LogP contribution in [0.5, 0.6) is 0 Å². The van der Waals surface area contributed by atoms with Crippen LogP contribution in [0.2, 0.25) is 0 Å². The molecule has 5 nitrogen and oxygen atoms in total. The van der Waals surface area contributed by atoms with E-state index in [2.05, 4.69) is 11.9 Å². The van der Waals surface area contributed by atoms with E-state index in [-0.39, 0.29) is 11.2 Å². The SMILES string of the molecule is CCc1ccc(C2C(C(=O)OC)=C(C)N=C3SC(CC)C(=O)N32)cc1. The third-order valence-electron chi connectivity index (χ3n) is 4.63. The minimum atomic E-state index is -0.484. The molecule has 25 heavy (non-hydrogen) atoms. The molecular weight excluding hydrogens is 336 g/mol. The summed E-state index contributed by atoms with van der Waals surface area (Å²) in [5, 5.41) is 0.521. The first-order valence-electron chi connectivity index (χ1n) is 8.48. The number of carbonyl (C=O) groups excluding carboxylic acids is 2. The highest BCUT2D eigenvalue weighted by Crippen LogP contribution is 2.43. The number of fused-ring (bicyclic) bond motifs is 1. The maximum Gasteiger partial charge on any atom is 0.338 e. The van der Waals surface area contributed by atoms with Crippen molar-refractivity contribution in [3.05, 3.63) is 46.7 Å². The number of aliphatic imine (C=N–C) groups is 1. The molecule has 1 amide bonds. The number of ether oxygens (including phenoxy) is 1. The number of rotatable bonds is 4. The number of amidine groups is 1. The number of esters is 1. The number of aryl methyl sites for hydroxylation is 1. The molecule has 1 aromatic carbocycles. The molecule has 0 spiro atoms. The van der Waals surface area contributed by atoms with Gasteiger partial charge in [0.15, 0.2) is 5.17 Å². The first kappa shape index (κ1) is 17.7. The molecule has 3 rings (SSSR count). The van der Waals surface area contributed by atoms with E-state index < -0.39 is 12.0 Å². The Morgan fingerprint density at radius 2 is 1.96 bits per heavy atom. The smallest absolute Gasteiger partial charge is 0.338 e. The predicted molar refractivity (Wildman–Crippen MR) is 99.2 cm³/mol. The van der Waals surface area contributed by atoms with Gasteiger partial charge in [-0.3, -0.25) is 9.69 Å². The fraction of sp³-hybridized carbons (Fsp3) is 0.421. The average molecular weight is 358 g/mol. The quantitative estimate of drug-likeness (QED) is 0.774. The number of benzene rings is 1. The van der Waals surface area contributed by atoms with Crippen LogP contribution >= 0.6 is 11.8 Å². The molecule has 0 N–H and O–H groups in total. The van der Waals surface area contributed by atoms with E-state index in [1.807, 2.05) is 31.2 Å². The Morgan fingerprint density at radius 1 is 1.28 bits per heavy atom. The second-order valence-corrected chi connectivity index (χ2v) is 7.28. The van der Waals surface area contributed by atoms with E-state index >= 15 is 0 Å². The lowest BCUT2D eigenvalue weighted by Crippen LogP contribution is -2.40. The molecule has 0 saturated carbocycles. The van der Waals surface area contributed by atoms with Gasteiger partial charge in [0, 0.05) is 0 Å². The van der Waals surface area contributed by atoms with Crippen LogP contribution in [0.4, 0.5) is 0 Å². The Morgan fingerprint density at radius 3 is 2.52 bits per heavy atom. The van der Waals surface area contributed by atoms with Gasteiger partial charge in [0.25, 0.3) is 0 Å². The molecule has 132 valence electrons.